The Balaban J connectivity index is 2.47. The largest absolute Gasteiger partial charge is 0.497 e. The van der Waals surface area contributed by atoms with E-state index in [-0.39, 0.29) is 0 Å². The van der Waals surface area contributed by atoms with Gasteiger partial charge in [0.2, 0.25) is 0 Å². The van der Waals surface area contributed by atoms with Crippen molar-refractivity contribution in [2.75, 3.05) is 18.6 Å². The van der Waals surface area contributed by atoms with E-state index in [4.69, 9.17) is 4.74 Å². The maximum Gasteiger partial charge on any atom is 0.118 e. The van der Waals surface area contributed by atoms with Gasteiger partial charge in [-0.05, 0) is 24.3 Å². The molecule has 1 nitrogen and oxygen atoms in total. The molecule has 0 radical (unpaired) electrons. The summed E-state index contributed by atoms with van der Waals surface area (Å²) in [6.07, 6.45) is 0. The molecule has 0 atom stereocenters. The fourth-order valence-corrected chi connectivity index (χ4v) is 1.97. The lowest BCUT2D eigenvalue weighted by molar-refractivity contribution is 0.414. The molecule has 0 N–H and O–H groups in total. The maximum atomic E-state index is 5.08. The first-order valence-electron chi connectivity index (χ1n) is 4.30. The maximum absolute atomic E-state index is 5.08. The molecule has 0 aromatic heterocycles. The monoisotopic (exact) mass is 226 g/mol. The Bertz CT molecular complexity index is 293. The molecule has 0 aliphatic carbocycles. The van der Waals surface area contributed by atoms with Gasteiger partial charge in [0.15, 0.2) is 0 Å². The van der Waals surface area contributed by atoms with E-state index in [0.29, 0.717) is 0 Å². The number of hydrogen-bond acceptors (Lipinski definition) is 3. The van der Waals surface area contributed by atoms with Gasteiger partial charge in [0.05, 0.1) is 7.11 Å². The summed E-state index contributed by atoms with van der Waals surface area (Å²) in [5, 5.41) is 0. The first-order valence-corrected chi connectivity index (χ1v) is 5.92. The third-order valence-corrected chi connectivity index (χ3v) is 3.33. The minimum Gasteiger partial charge on any atom is -0.497 e. The zero-order valence-corrected chi connectivity index (χ0v) is 9.91. The summed E-state index contributed by atoms with van der Waals surface area (Å²) in [5.74, 6) is 2.57. The van der Waals surface area contributed by atoms with Crippen LogP contribution in [-0.2, 0) is 0 Å². The zero-order valence-electron chi connectivity index (χ0n) is 8.19. The van der Waals surface area contributed by atoms with E-state index in [1.807, 2.05) is 12.1 Å². The predicted octanol–water partition coefficient (Wildman–Crippen LogP) is 3.27. The molecule has 0 aliphatic heterocycles. The second-order valence-corrected chi connectivity index (χ2v) is 4.24. The van der Waals surface area contributed by atoms with Crippen molar-refractivity contribution in [3.63, 3.8) is 0 Å². The smallest absolute Gasteiger partial charge is 0.118 e. The third-order valence-electron chi connectivity index (χ3n) is 1.73. The molecule has 0 heterocycles. The van der Waals surface area contributed by atoms with Gasteiger partial charge in [-0.2, -0.15) is 12.6 Å². The summed E-state index contributed by atoms with van der Waals surface area (Å²) < 4.78 is 5.08. The van der Waals surface area contributed by atoms with Crippen LogP contribution in [0, 0.1) is 0 Å². The third kappa shape index (κ3) is 3.68. The fourth-order valence-electron chi connectivity index (χ4n) is 0.903. The van der Waals surface area contributed by atoms with Crippen LogP contribution in [0.5, 0.6) is 5.75 Å². The van der Waals surface area contributed by atoms with Crippen LogP contribution in [0.4, 0.5) is 0 Å². The highest BCUT2D eigenvalue weighted by Gasteiger charge is 1.96. The Morgan fingerprint density at radius 2 is 2.07 bits per heavy atom. The van der Waals surface area contributed by atoms with E-state index in [9.17, 15) is 0 Å². The standard InChI is InChI=1S/C11H14OS2/c1-9(7-13)8-14-11-5-3-10(12-2)4-6-11/h3-6,13H,1,7-8H2,2H3. The quantitative estimate of drug-likeness (QED) is 0.469. The molecule has 0 bridgehead atoms. The Kier molecular flexibility index (Phi) is 4.98. The van der Waals surface area contributed by atoms with E-state index >= 15 is 0 Å². The Morgan fingerprint density at radius 3 is 2.57 bits per heavy atom. The van der Waals surface area contributed by atoms with Crippen molar-refractivity contribution in [3.05, 3.63) is 36.4 Å². The van der Waals surface area contributed by atoms with Crippen LogP contribution in [0.2, 0.25) is 0 Å². The molecule has 0 fully saturated rings. The highest BCUT2D eigenvalue weighted by molar-refractivity contribution is 7.99. The molecule has 0 spiro atoms. The predicted molar refractivity (Wildman–Crippen MR) is 66.7 cm³/mol. The van der Waals surface area contributed by atoms with Crippen molar-refractivity contribution in [2.45, 2.75) is 4.90 Å². The molecule has 3 heteroatoms. The lowest BCUT2D eigenvalue weighted by Crippen LogP contribution is -1.86. The number of ether oxygens (including phenoxy) is 1. The molecular weight excluding hydrogens is 212 g/mol. The van der Waals surface area contributed by atoms with Gasteiger partial charge in [0.1, 0.15) is 5.75 Å². The van der Waals surface area contributed by atoms with Crippen LogP contribution in [0.3, 0.4) is 0 Å². The number of thioether (sulfide) groups is 1. The van der Waals surface area contributed by atoms with Crippen LogP contribution in [0.25, 0.3) is 0 Å². The molecule has 0 saturated heterocycles. The molecular formula is C11H14OS2. The summed E-state index contributed by atoms with van der Waals surface area (Å²) in [6, 6.07) is 8.03. The van der Waals surface area contributed by atoms with Gasteiger partial charge >= 0.3 is 0 Å². The topological polar surface area (TPSA) is 9.23 Å². The summed E-state index contributed by atoms with van der Waals surface area (Å²) >= 11 is 5.93. The number of benzene rings is 1. The molecule has 76 valence electrons. The van der Waals surface area contributed by atoms with Crippen LogP contribution >= 0.6 is 24.4 Å². The van der Waals surface area contributed by atoms with Gasteiger partial charge < -0.3 is 4.74 Å². The number of methoxy groups -OCH3 is 1. The average Bonchev–Trinajstić information content (AvgIpc) is 2.26. The lowest BCUT2D eigenvalue weighted by atomic mass is 10.3. The minimum atomic E-state index is 0.753. The summed E-state index contributed by atoms with van der Waals surface area (Å²) in [4.78, 5) is 1.23. The molecule has 0 aliphatic rings. The molecule has 0 saturated carbocycles. The van der Waals surface area contributed by atoms with Crippen LogP contribution < -0.4 is 4.74 Å². The average molecular weight is 226 g/mol. The number of hydrogen-bond donors (Lipinski definition) is 1. The van der Waals surface area contributed by atoms with Crippen molar-refractivity contribution >= 4 is 24.4 Å². The summed E-state index contributed by atoms with van der Waals surface area (Å²) in [7, 11) is 1.67. The van der Waals surface area contributed by atoms with Crippen LogP contribution in [0.15, 0.2) is 41.3 Å². The molecule has 0 amide bonds. The van der Waals surface area contributed by atoms with Crippen molar-refractivity contribution in [1.29, 1.82) is 0 Å². The number of rotatable bonds is 5. The highest BCUT2D eigenvalue weighted by Crippen LogP contribution is 2.22. The van der Waals surface area contributed by atoms with Gasteiger partial charge in [0, 0.05) is 16.4 Å². The van der Waals surface area contributed by atoms with E-state index < -0.39 is 0 Å². The first kappa shape index (κ1) is 11.5. The normalized spacial score (nSPS) is 9.86. The van der Waals surface area contributed by atoms with E-state index in [0.717, 1.165) is 22.8 Å². The molecule has 1 aromatic rings. The fraction of sp³-hybridized carbons (Fsp3) is 0.273. The SMILES string of the molecule is C=C(CS)CSc1ccc(OC)cc1. The van der Waals surface area contributed by atoms with E-state index in [2.05, 4.69) is 31.3 Å². The minimum absolute atomic E-state index is 0.753. The lowest BCUT2D eigenvalue weighted by Gasteiger charge is -2.03. The van der Waals surface area contributed by atoms with Crippen LogP contribution in [0.1, 0.15) is 0 Å². The summed E-state index contributed by atoms with van der Waals surface area (Å²) in [5.41, 5.74) is 1.15. The Labute approximate surface area is 95.0 Å². The Hall–Kier alpha value is -0.540. The van der Waals surface area contributed by atoms with Crippen LogP contribution in [-0.4, -0.2) is 18.6 Å². The second-order valence-electron chi connectivity index (χ2n) is 2.87. The first-order chi connectivity index (χ1) is 6.76. The summed E-state index contributed by atoms with van der Waals surface area (Å²) in [6.45, 7) is 3.90. The van der Waals surface area contributed by atoms with Crippen molar-refractivity contribution in [1.82, 2.24) is 0 Å². The molecule has 0 unspecified atom stereocenters. The number of thiol groups is 1. The Morgan fingerprint density at radius 1 is 1.43 bits per heavy atom. The molecule has 1 aromatic carbocycles. The zero-order chi connectivity index (χ0) is 10.4. The van der Waals surface area contributed by atoms with Gasteiger partial charge in [-0.3, -0.25) is 0 Å². The highest BCUT2D eigenvalue weighted by atomic mass is 32.2. The second kappa shape index (κ2) is 6.04. The van der Waals surface area contributed by atoms with Gasteiger partial charge in [-0.1, -0.05) is 12.2 Å². The van der Waals surface area contributed by atoms with Gasteiger partial charge in [-0.15, -0.1) is 11.8 Å². The van der Waals surface area contributed by atoms with Gasteiger partial charge in [0.25, 0.3) is 0 Å². The molecule has 1 rings (SSSR count). The van der Waals surface area contributed by atoms with Crippen molar-refractivity contribution in [2.24, 2.45) is 0 Å². The van der Waals surface area contributed by atoms with Gasteiger partial charge in [-0.25, -0.2) is 0 Å². The van der Waals surface area contributed by atoms with E-state index in [1.54, 1.807) is 18.9 Å². The van der Waals surface area contributed by atoms with E-state index in [1.165, 1.54) is 4.90 Å². The van der Waals surface area contributed by atoms with Crippen molar-refractivity contribution in [3.8, 4) is 5.75 Å². The van der Waals surface area contributed by atoms with Crippen molar-refractivity contribution < 1.29 is 4.74 Å². The molecule has 14 heavy (non-hydrogen) atoms.